The van der Waals surface area contributed by atoms with Gasteiger partial charge in [0, 0.05) is 31.9 Å². The first-order chi connectivity index (χ1) is 12.0. The third-order valence-corrected chi connectivity index (χ3v) is 5.21. The molecule has 5 nitrogen and oxygen atoms in total. The molecule has 25 heavy (non-hydrogen) atoms. The number of halogens is 2. The van der Waals surface area contributed by atoms with E-state index in [0.29, 0.717) is 24.0 Å². The van der Waals surface area contributed by atoms with Crippen molar-refractivity contribution in [3.8, 4) is 0 Å². The lowest BCUT2D eigenvalue weighted by atomic mass is 10.2. The Balaban J connectivity index is 1.69. The Morgan fingerprint density at radius 2 is 1.92 bits per heavy atom. The van der Waals surface area contributed by atoms with E-state index >= 15 is 0 Å². The highest BCUT2D eigenvalue weighted by Crippen LogP contribution is 2.23. The lowest BCUT2D eigenvalue weighted by Crippen LogP contribution is -2.47. The molecular weight excluding hydrogens is 363 g/mol. The molecule has 0 bridgehead atoms. The summed E-state index contributed by atoms with van der Waals surface area (Å²) in [5, 5.41) is 0.737. The molecular formula is C17H18ClFN4OS. The van der Waals surface area contributed by atoms with E-state index in [-0.39, 0.29) is 22.4 Å². The van der Waals surface area contributed by atoms with Gasteiger partial charge in [0.25, 0.3) is 5.91 Å². The van der Waals surface area contributed by atoms with Crippen LogP contribution in [0.2, 0.25) is 5.02 Å². The third kappa shape index (κ3) is 4.68. The average molecular weight is 381 g/mol. The molecule has 2 heterocycles. The number of likely N-dealkylation sites (N-methyl/N-ethyl adjacent to an activating group) is 1. The molecule has 1 amide bonds. The summed E-state index contributed by atoms with van der Waals surface area (Å²) in [6.45, 7) is 2.99. The molecule has 132 valence electrons. The number of benzene rings is 1. The van der Waals surface area contributed by atoms with E-state index < -0.39 is 0 Å². The van der Waals surface area contributed by atoms with Crippen LogP contribution in [0.3, 0.4) is 0 Å². The lowest BCUT2D eigenvalue weighted by molar-refractivity contribution is 0.0657. The van der Waals surface area contributed by atoms with Gasteiger partial charge in [-0.1, -0.05) is 35.5 Å². The summed E-state index contributed by atoms with van der Waals surface area (Å²) in [5.74, 6) is 0.157. The second kappa shape index (κ2) is 8.12. The maximum atomic E-state index is 12.9. The van der Waals surface area contributed by atoms with Crippen molar-refractivity contribution < 1.29 is 9.18 Å². The molecule has 1 aliphatic heterocycles. The minimum absolute atomic E-state index is 0.163. The van der Waals surface area contributed by atoms with Crippen LogP contribution in [-0.2, 0) is 5.75 Å². The molecule has 0 radical (unpaired) electrons. The fourth-order valence-corrected chi connectivity index (χ4v) is 3.40. The van der Waals surface area contributed by atoms with Gasteiger partial charge in [-0.2, -0.15) is 0 Å². The molecule has 8 heteroatoms. The molecule has 0 N–H and O–H groups in total. The summed E-state index contributed by atoms with van der Waals surface area (Å²) in [7, 11) is 2.03. The van der Waals surface area contributed by atoms with E-state index in [0.717, 1.165) is 18.7 Å². The van der Waals surface area contributed by atoms with Gasteiger partial charge in [0.2, 0.25) is 0 Å². The van der Waals surface area contributed by atoms with Crippen molar-refractivity contribution in [3.63, 3.8) is 0 Å². The van der Waals surface area contributed by atoms with E-state index in [4.69, 9.17) is 11.6 Å². The highest BCUT2D eigenvalue weighted by Gasteiger charge is 2.24. The quantitative estimate of drug-likeness (QED) is 0.603. The molecule has 1 fully saturated rings. The van der Waals surface area contributed by atoms with Crippen molar-refractivity contribution >= 4 is 29.3 Å². The Bertz CT molecular complexity index is 751. The maximum absolute atomic E-state index is 12.9. The maximum Gasteiger partial charge on any atom is 0.274 e. The first-order valence-corrected chi connectivity index (χ1v) is 9.27. The van der Waals surface area contributed by atoms with Crippen LogP contribution < -0.4 is 0 Å². The SMILES string of the molecule is CN1CCN(C(=O)c2nc(SCc3ccc(F)cc3)ncc2Cl)CC1. The molecule has 1 aliphatic rings. The van der Waals surface area contributed by atoms with Crippen molar-refractivity contribution in [1.82, 2.24) is 19.8 Å². The number of carbonyl (C=O) groups is 1. The zero-order valence-corrected chi connectivity index (χ0v) is 15.4. The normalized spacial score (nSPS) is 15.4. The largest absolute Gasteiger partial charge is 0.335 e. The van der Waals surface area contributed by atoms with E-state index in [1.807, 2.05) is 7.05 Å². The van der Waals surface area contributed by atoms with Crippen molar-refractivity contribution in [2.45, 2.75) is 10.9 Å². The van der Waals surface area contributed by atoms with Gasteiger partial charge < -0.3 is 9.80 Å². The zero-order chi connectivity index (χ0) is 17.8. The van der Waals surface area contributed by atoms with Crippen molar-refractivity contribution in [2.75, 3.05) is 33.2 Å². The number of aromatic nitrogens is 2. The van der Waals surface area contributed by atoms with Gasteiger partial charge in [-0.25, -0.2) is 14.4 Å². The standard InChI is InChI=1S/C17H18ClFN4OS/c1-22-6-8-23(9-7-22)16(24)15-14(18)10-20-17(21-15)25-11-12-2-4-13(19)5-3-12/h2-5,10H,6-9,11H2,1H3. The number of thioether (sulfide) groups is 1. The summed E-state index contributed by atoms with van der Waals surface area (Å²) in [4.78, 5) is 25.1. The topological polar surface area (TPSA) is 49.3 Å². The summed E-state index contributed by atoms with van der Waals surface area (Å²) < 4.78 is 12.9. The van der Waals surface area contributed by atoms with E-state index in [1.165, 1.54) is 30.1 Å². The van der Waals surface area contributed by atoms with Gasteiger partial charge in [-0.05, 0) is 24.7 Å². The molecule has 0 saturated carbocycles. The highest BCUT2D eigenvalue weighted by molar-refractivity contribution is 7.98. The molecule has 1 saturated heterocycles. The second-order valence-electron chi connectivity index (χ2n) is 5.86. The smallest absolute Gasteiger partial charge is 0.274 e. The molecule has 1 aromatic heterocycles. The number of hydrogen-bond donors (Lipinski definition) is 0. The van der Waals surface area contributed by atoms with Crippen LogP contribution in [0.25, 0.3) is 0 Å². The number of amides is 1. The van der Waals surface area contributed by atoms with Crippen LogP contribution in [-0.4, -0.2) is 58.9 Å². The number of hydrogen-bond acceptors (Lipinski definition) is 5. The van der Waals surface area contributed by atoms with E-state index in [1.54, 1.807) is 17.0 Å². The Hall–Kier alpha value is -1.70. The number of rotatable bonds is 4. The van der Waals surface area contributed by atoms with Gasteiger partial charge in [-0.3, -0.25) is 4.79 Å². The Labute approximate surface area is 155 Å². The van der Waals surface area contributed by atoms with Crippen LogP contribution in [0.1, 0.15) is 16.1 Å². The van der Waals surface area contributed by atoms with Crippen LogP contribution in [0, 0.1) is 5.82 Å². The minimum Gasteiger partial charge on any atom is -0.335 e. The van der Waals surface area contributed by atoms with E-state index in [9.17, 15) is 9.18 Å². The predicted octanol–water partition coefficient (Wildman–Crippen LogP) is 2.95. The number of carbonyl (C=O) groups excluding carboxylic acids is 1. The van der Waals surface area contributed by atoms with Crippen LogP contribution in [0.15, 0.2) is 35.6 Å². The summed E-state index contributed by atoms with van der Waals surface area (Å²) in [5.41, 5.74) is 1.19. The van der Waals surface area contributed by atoms with Crippen molar-refractivity contribution in [3.05, 3.63) is 52.6 Å². The van der Waals surface area contributed by atoms with Gasteiger partial charge in [0.05, 0.1) is 11.2 Å². The Kier molecular flexibility index (Phi) is 5.88. The Morgan fingerprint density at radius 3 is 2.60 bits per heavy atom. The fourth-order valence-electron chi connectivity index (χ4n) is 2.46. The second-order valence-corrected chi connectivity index (χ2v) is 7.21. The summed E-state index contributed by atoms with van der Waals surface area (Å²) in [6, 6.07) is 6.27. The predicted molar refractivity (Wildman–Crippen MR) is 96.4 cm³/mol. The molecule has 0 unspecified atom stereocenters. The summed E-state index contributed by atoms with van der Waals surface area (Å²) in [6.07, 6.45) is 1.46. The monoisotopic (exact) mass is 380 g/mol. The number of piperazine rings is 1. The van der Waals surface area contributed by atoms with Gasteiger partial charge in [-0.15, -0.1) is 0 Å². The molecule has 0 aliphatic carbocycles. The molecule has 0 atom stereocenters. The Morgan fingerprint density at radius 1 is 1.24 bits per heavy atom. The number of nitrogens with zero attached hydrogens (tertiary/aromatic N) is 4. The van der Waals surface area contributed by atoms with Crippen LogP contribution in [0.4, 0.5) is 4.39 Å². The van der Waals surface area contributed by atoms with Gasteiger partial charge in [0.1, 0.15) is 5.82 Å². The highest BCUT2D eigenvalue weighted by atomic mass is 35.5. The van der Waals surface area contributed by atoms with Crippen LogP contribution in [0.5, 0.6) is 0 Å². The summed E-state index contributed by atoms with van der Waals surface area (Å²) >= 11 is 7.52. The lowest BCUT2D eigenvalue weighted by Gasteiger charge is -2.32. The zero-order valence-electron chi connectivity index (χ0n) is 13.8. The van der Waals surface area contributed by atoms with Crippen molar-refractivity contribution in [1.29, 1.82) is 0 Å². The minimum atomic E-state index is -0.267. The fraction of sp³-hybridized carbons (Fsp3) is 0.353. The molecule has 2 aromatic rings. The van der Waals surface area contributed by atoms with Gasteiger partial charge >= 0.3 is 0 Å². The van der Waals surface area contributed by atoms with Gasteiger partial charge in [0.15, 0.2) is 10.9 Å². The molecule has 3 rings (SSSR count). The van der Waals surface area contributed by atoms with E-state index in [2.05, 4.69) is 14.9 Å². The van der Waals surface area contributed by atoms with Crippen LogP contribution >= 0.6 is 23.4 Å². The third-order valence-electron chi connectivity index (χ3n) is 4.00. The van der Waals surface area contributed by atoms with Crippen molar-refractivity contribution in [2.24, 2.45) is 0 Å². The first-order valence-electron chi connectivity index (χ1n) is 7.90. The molecule has 1 aromatic carbocycles. The molecule has 0 spiro atoms. The average Bonchev–Trinajstić information content (AvgIpc) is 2.62. The first kappa shape index (κ1) is 18.1.